The maximum absolute atomic E-state index is 4.50. The van der Waals surface area contributed by atoms with Crippen molar-refractivity contribution in [2.45, 2.75) is 33.2 Å². The molecule has 2 aromatic rings. The van der Waals surface area contributed by atoms with Gasteiger partial charge in [0.25, 0.3) is 0 Å². The number of rotatable bonds is 5. The van der Waals surface area contributed by atoms with Crippen LogP contribution in [-0.4, -0.2) is 21.3 Å². The zero-order valence-corrected chi connectivity index (χ0v) is 12.1. The Morgan fingerprint density at radius 1 is 1.32 bits per heavy atom. The summed E-state index contributed by atoms with van der Waals surface area (Å²) >= 11 is 0. The van der Waals surface area contributed by atoms with Crippen molar-refractivity contribution in [3.8, 4) is 0 Å². The summed E-state index contributed by atoms with van der Waals surface area (Å²) in [5, 5.41) is 7.91. The molecule has 2 heterocycles. The van der Waals surface area contributed by atoms with Crippen LogP contribution in [0.5, 0.6) is 0 Å². The first kappa shape index (κ1) is 13.7. The second-order valence-corrected chi connectivity index (χ2v) is 4.97. The van der Waals surface area contributed by atoms with Gasteiger partial charge in [0.1, 0.15) is 0 Å². The predicted molar refractivity (Wildman–Crippen MR) is 77.0 cm³/mol. The van der Waals surface area contributed by atoms with Crippen LogP contribution in [0.15, 0.2) is 24.4 Å². The van der Waals surface area contributed by atoms with Crippen molar-refractivity contribution >= 4 is 0 Å². The van der Waals surface area contributed by atoms with Gasteiger partial charge in [-0.25, -0.2) is 0 Å². The van der Waals surface area contributed by atoms with Crippen LogP contribution in [0.3, 0.4) is 0 Å². The van der Waals surface area contributed by atoms with Crippen molar-refractivity contribution in [3.05, 3.63) is 47.0 Å². The second-order valence-electron chi connectivity index (χ2n) is 4.97. The Morgan fingerprint density at radius 3 is 2.68 bits per heavy atom. The van der Waals surface area contributed by atoms with Crippen molar-refractivity contribution in [3.63, 3.8) is 0 Å². The van der Waals surface area contributed by atoms with Crippen LogP contribution in [0.2, 0.25) is 0 Å². The Balaban J connectivity index is 2.23. The third-order valence-corrected chi connectivity index (χ3v) is 3.26. The molecule has 1 unspecified atom stereocenters. The van der Waals surface area contributed by atoms with Gasteiger partial charge in [0.2, 0.25) is 0 Å². The van der Waals surface area contributed by atoms with Crippen molar-refractivity contribution < 1.29 is 0 Å². The number of nitrogens with one attached hydrogen (secondary N) is 1. The lowest BCUT2D eigenvalue weighted by Gasteiger charge is -2.17. The fourth-order valence-corrected chi connectivity index (χ4v) is 2.34. The zero-order valence-electron chi connectivity index (χ0n) is 12.1. The van der Waals surface area contributed by atoms with E-state index in [0.717, 1.165) is 24.4 Å². The van der Waals surface area contributed by atoms with Crippen molar-refractivity contribution in [2.75, 3.05) is 6.54 Å². The Hall–Kier alpha value is -1.68. The maximum atomic E-state index is 4.50. The molecule has 0 bridgehead atoms. The fourth-order valence-electron chi connectivity index (χ4n) is 2.34. The van der Waals surface area contributed by atoms with Gasteiger partial charge in [0.05, 0.1) is 17.4 Å². The first-order valence-corrected chi connectivity index (χ1v) is 6.75. The summed E-state index contributed by atoms with van der Waals surface area (Å²) in [5.41, 5.74) is 4.63. The minimum Gasteiger partial charge on any atom is -0.309 e. The van der Waals surface area contributed by atoms with Gasteiger partial charge in [-0.15, -0.1) is 0 Å². The molecule has 2 rings (SSSR count). The highest BCUT2D eigenvalue weighted by molar-refractivity contribution is 5.20. The van der Waals surface area contributed by atoms with Crippen LogP contribution in [0, 0.1) is 13.8 Å². The molecule has 1 atom stereocenters. The van der Waals surface area contributed by atoms with Gasteiger partial charge in [-0.2, -0.15) is 5.10 Å². The number of aryl methyl sites for hydroxylation is 3. The molecule has 0 aliphatic heterocycles. The summed E-state index contributed by atoms with van der Waals surface area (Å²) < 4.78 is 1.95. The molecular weight excluding hydrogens is 236 g/mol. The van der Waals surface area contributed by atoms with E-state index < -0.39 is 0 Å². The van der Waals surface area contributed by atoms with E-state index >= 15 is 0 Å². The lowest BCUT2D eigenvalue weighted by atomic mass is 10.1. The van der Waals surface area contributed by atoms with Crippen molar-refractivity contribution in [1.29, 1.82) is 0 Å². The van der Waals surface area contributed by atoms with Crippen LogP contribution in [0.1, 0.15) is 35.6 Å². The highest BCUT2D eigenvalue weighted by Crippen LogP contribution is 2.17. The number of hydrogen-bond donors (Lipinski definition) is 1. The Morgan fingerprint density at radius 2 is 2.11 bits per heavy atom. The number of aromatic nitrogens is 3. The van der Waals surface area contributed by atoms with E-state index in [9.17, 15) is 0 Å². The standard InChI is InChI=1S/C15H22N4/c1-5-16-15(14-8-11(2)6-7-17-14)10-13-9-12(3)18-19(13)4/h6-9,15-16H,5,10H2,1-4H3. The SMILES string of the molecule is CCNC(Cc1cc(C)nn1C)c1cc(C)ccn1. The van der Waals surface area contributed by atoms with Crippen LogP contribution < -0.4 is 5.32 Å². The molecule has 2 aromatic heterocycles. The van der Waals surface area contributed by atoms with Crippen LogP contribution in [-0.2, 0) is 13.5 Å². The summed E-state index contributed by atoms with van der Waals surface area (Å²) in [5.74, 6) is 0. The van der Waals surface area contributed by atoms with Crippen LogP contribution >= 0.6 is 0 Å². The van der Waals surface area contributed by atoms with Crippen LogP contribution in [0.25, 0.3) is 0 Å². The summed E-state index contributed by atoms with van der Waals surface area (Å²) in [4.78, 5) is 4.50. The summed E-state index contributed by atoms with van der Waals surface area (Å²) in [6.45, 7) is 7.17. The van der Waals surface area contributed by atoms with Gasteiger partial charge in [0.15, 0.2) is 0 Å². The largest absolute Gasteiger partial charge is 0.309 e. The zero-order chi connectivity index (χ0) is 13.8. The number of nitrogens with zero attached hydrogens (tertiary/aromatic N) is 3. The summed E-state index contributed by atoms with van der Waals surface area (Å²) in [7, 11) is 2.00. The summed E-state index contributed by atoms with van der Waals surface area (Å²) in [6.07, 6.45) is 2.78. The van der Waals surface area contributed by atoms with Crippen LogP contribution in [0.4, 0.5) is 0 Å². The third kappa shape index (κ3) is 3.41. The molecule has 102 valence electrons. The Labute approximate surface area is 114 Å². The molecule has 4 nitrogen and oxygen atoms in total. The quantitative estimate of drug-likeness (QED) is 0.895. The molecule has 0 saturated carbocycles. The van der Waals surface area contributed by atoms with E-state index in [1.165, 1.54) is 11.3 Å². The minimum atomic E-state index is 0.236. The van der Waals surface area contributed by atoms with Gasteiger partial charge in [-0.3, -0.25) is 9.67 Å². The first-order chi connectivity index (χ1) is 9.10. The van der Waals surface area contributed by atoms with Gasteiger partial charge < -0.3 is 5.32 Å². The highest BCUT2D eigenvalue weighted by Gasteiger charge is 2.15. The minimum absolute atomic E-state index is 0.236. The topological polar surface area (TPSA) is 42.7 Å². The molecule has 1 N–H and O–H groups in total. The molecule has 4 heteroatoms. The van der Waals surface area contributed by atoms with E-state index in [2.05, 4.69) is 41.4 Å². The molecule has 0 aliphatic carbocycles. The fraction of sp³-hybridized carbons (Fsp3) is 0.467. The molecular formula is C15H22N4. The van der Waals surface area contributed by atoms with E-state index in [4.69, 9.17) is 0 Å². The molecule has 0 saturated heterocycles. The second kappa shape index (κ2) is 5.97. The average Bonchev–Trinajstić information content (AvgIpc) is 2.67. The molecule has 0 spiro atoms. The van der Waals surface area contributed by atoms with Crippen molar-refractivity contribution in [1.82, 2.24) is 20.1 Å². The number of pyridine rings is 1. The normalized spacial score (nSPS) is 12.6. The van der Waals surface area contributed by atoms with Crippen molar-refractivity contribution in [2.24, 2.45) is 7.05 Å². The van der Waals surface area contributed by atoms with E-state index in [-0.39, 0.29) is 6.04 Å². The van der Waals surface area contributed by atoms with Gasteiger partial charge >= 0.3 is 0 Å². The molecule has 0 aromatic carbocycles. The smallest absolute Gasteiger partial charge is 0.0596 e. The average molecular weight is 258 g/mol. The number of likely N-dealkylation sites (N-methyl/N-ethyl adjacent to an activating group) is 1. The van der Waals surface area contributed by atoms with Gasteiger partial charge in [-0.05, 0) is 44.2 Å². The van der Waals surface area contributed by atoms with Gasteiger partial charge in [-0.1, -0.05) is 6.92 Å². The molecule has 0 radical (unpaired) electrons. The first-order valence-electron chi connectivity index (χ1n) is 6.75. The molecule has 0 amide bonds. The monoisotopic (exact) mass is 258 g/mol. The third-order valence-electron chi connectivity index (χ3n) is 3.26. The molecule has 0 fully saturated rings. The Kier molecular flexibility index (Phi) is 4.32. The molecule has 19 heavy (non-hydrogen) atoms. The predicted octanol–water partition coefficient (Wildman–Crippen LogP) is 2.33. The van der Waals surface area contributed by atoms with E-state index in [1.54, 1.807) is 0 Å². The Bertz CT molecular complexity index is 545. The van der Waals surface area contributed by atoms with Gasteiger partial charge in [0, 0.05) is 25.4 Å². The lowest BCUT2D eigenvalue weighted by molar-refractivity contribution is 0.517. The van der Waals surface area contributed by atoms with E-state index in [0.29, 0.717) is 0 Å². The van der Waals surface area contributed by atoms with E-state index in [1.807, 2.05) is 30.9 Å². The highest BCUT2D eigenvalue weighted by atomic mass is 15.3. The molecule has 0 aliphatic rings. The maximum Gasteiger partial charge on any atom is 0.0596 e. The number of hydrogen-bond acceptors (Lipinski definition) is 3. The lowest BCUT2D eigenvalue weighted by Crippen LogP contribution is -2.24. The summed E-state index contributed by atoms with van der Waals surface area (Å²) in [6, 6.07) is 6.55.